The van der Waals surface area contributed by atoms with E-state index in [1.807, 2.05) is 0 Å². The summed E-state index contributed by atoms with van der Waals surface area (Å²) in [6.07, 6.45) is -3.72. The van der Waals surface area contributed by atoms with Gasteiger partial charge in [0.2, 0.25) is 11.1 Å². The Hall–Kier alpha value is -2.08. The van der Waals surface area contributed by atoms with Crippen molar-refractivity contribution in [2.24, 2.45) is 7.05 Å². The topological polar surface area (TPSA) is 80.0 Å². The number of hydrogen-bond acceptors (Lipinski definition) is 7. The Morgan fingerprint density at radius 2 is 2.00 bits per heavy atom. The van der Waals surface area contributed by atoms with Crippen molar-refractivity contribution < 1.29 is 18.0 Å². The van der Waals surface area contributed by atoms with E-state index in [9.17, 15) is 18.0 Å². The highest BCUT2D eigenvalue weighted by Crippen LogP contribution is 2.33. The van der Waals surface area contributed by atoms with E-state index in [0.29, 0.717) is 31.3 Å². The summed E-state index contributed by atoms with van der Waals surface area (Å²) in [5.74, 6) is 0.429. The molecule has 27 heavy (non-hydrogen) atoms. The quantitative estimate of drug-likeness (QED) is 0.695. The summed E-state index contributed by atoms with van der Waals surface area (Å²) >= 11 is 7.22. The normalized spacial score (nSPS) is 15.3. The van der Waals surface area contributed by atoms with E-state index in [1.165, 1.54) is 16.4 Å². The predicted molar refractivity (Wildman–Crippen MR) is 92.6 cm³/mol. The van der Waals surface area contributed by atoms with Gasteiger partial charge in [-0.2, -0.15) is 13.2 Å². The third-order valence-electron chi connectivity index (χ3n) is 3.99. The molecule has 0 bridgehead atoms. The molecule has 0 saturated carbocycles. The molecular formula is C14H15ClF3N7OS. The molecule has 0 aromatic carbocycles. The highest BCUT2D eigenvalue weighted by atomic mass is 35.5. The average Bonchev–Trinajstić information content (AvgIpc) is 3.04. The Morgan fingerprint density at radius 1 is 1.30 bits per heavy atom. The minimum atomic E-state index is -4.49. The van der Waals surface area contributed by atoms with E-state index >= 15 is 0 Å². The fourth-order valence-corrected chi connectivity index (χ4v) is 3.59. The van der Waals surface area contributed by atoms with Crippen molar-refractivity contribution in [2.45, 2.75) is 11.3 Å². The number of tetrazole rings is 1. The molecule has 8 nitrogen and oxygen atoms in total. The minimum Gasteiger partial charge on any atom is -0.352 e. The number of alkyl halides is 3. The largest absolute Gasteiger partial charge is 0.417 e. The molecule has 0 atom stereocenters. The van der Waals surface area contributed by atoms with Gasteiger partial charge in [-0.1, -0.05) is 23.4 Å². The van der Waals surface area contributed by atoms with E-state index in [1.54, 1.807) is 16.8 Å². The van der Waals surface area contributed by atoms with Crippen LogP contribution in [0.15, 0.2) is 17.4 Å². The van der Waals surface area contributed by atoms with Gasteiger partial charge in [-0.3, -0.25) is 4.79 Å². The van der Waals surface area contributed by atoms with Crippen LogP contribution in [0.3, 0.4) is 0 Å². The van der Waals surface area contributed by atoms with Crippen LogP contribution in [0.4, 0.5) is 19.0 Å². The number of aromatic nitrogens is 5. The molecule has 2 aromatic heterocycles. The van der Waals surface area contributed by atoms with E-state index in [-0.39, 0.29) is 22.5 Å². The highest BCUT2D eigenvalue weighted by Gasteiger charge is 2.32. The van der Waals surface area contributed by atoms with Crippen molar-refractivity contribution in [1.29, 1.82) is 0 Å². The second kappa shape index (κ2) is 7.89. The first kappa shape index (κ1) is 19.7. The Balaban J connectivity index is 1.55. The highest BCUT2D eigenvalue weighted by molar-refractivity contribution is 7.99. The van der Waals surface area contributed by atoms with Crippen LogP contribution < -0.4 is 4.90 Å². The van der Waals surface area contributed by atoms with E-state index in [4.69, 9.17) is 11.6 Å². The number of aryl methyl sites for hydroxylation is 1. The van der Waals surface area contributed by atoms with E-state index in [2.05, 4.69) is 20.5 Å². The second-order valence-corrected chi connectivity index (χ2v) is 7.12. The summed E-state index contributed by atoms with van der Waals surface area (Å²) in [6, 6.07) is 0.868. The molecule has 0 aliphatic carbocycles. The zero-order valence-electron chi connectivity index (χ0n) is 14.1. The standard InChI is InChI=1S/C14H15ClF3N7OS/c1-23-13(20-21-22-23)27-8-11(26)24-2-4-25(5-3-24)12-10(15)6-9(7-19-12)14(16,17)18/h6-7H,2-5,8H2,1H3. The van der Waals surface area contributed by atoms with Crippen molar-refractivity contribution in [2.75, 3.05) is 36.8 Å². The fraction of sp³-hybridized carbons (Fsp3) is 0.500. The van der Waals surface area contributed by atoms with Gasteiger partial charge in [-0.05, 0) is 16.5 Å². The van der Waals surface area contributed by atoms with Crippen LogP contribution in [0.1, 0.15) is 5.56 Å². The molecule has 0 N–H and O–H groups in total. The van der Waals surface area contributed by atoms with Crippen molar-refractivity contribution in [3.05, 3.63) is 22.8 Å². The molecule has 3 rings (SSSR count). The molecule has 2 aromatic rings. The van der Waals surface area contributed by atoms with Gasteiger partial charge in [-0.15, -0.1) is 5.10 Å². The summed E-state index contributed by atoms with van der Waals surface area (Å²) in [5.41, 5.74) is -0.889. The van der Waals surface area contributed by atoms with Gasteiger partial charge in [0.05, 0.1) is 16.3 Å². The molecule has 146 valence electrons. The first-order valence-electron chi connectivity index (χ1n) is 7.86. The fourth-order valence-electron chi connectivity index (χ4n) is 2.55. The monoisotopic (exact) mass is 421 g/mol. The number of pyridine rings is 1. The maximum atomic E-state index is 12.7. The number of nitrogens with zero attached hydrogens (tertiary/aromatic N) is 7. The van der Waals surface area contributed by atoms with Gasteiger partial charge >= 0.3 is 6.18 Å². The molecular weight excluding hydrogens is 407 g/mol. The summed E-state index contributed by atoms with van der Waals surface area (Å²) in [6.45, 7) is 1.71. The van der Waals surface area contributed by atoms with Crippen LogP contribution in [-0.2, 0) is 18.0 Å². The van der Waals surface area contributed by atoms with E-state index < -0.39 is 11.7 Å². The third-order valence-corrected chi connectivity index (χ3v) is 5.26. The summed E-state index contributed by atoms with van der Waals surface area (Å²) < 4.78 is 39.6. The van der Waals surface area contributed by atoms with Gasteiger partial charge < -0.3 is 9.80 Å². The number of carbonyl (C=O) groups excluding carboxylic acids is 1. The van der Waals surface area contributed by atoms with Gasteiger partial charge in [0.1, 0.15) is 5.82 Å². The molecule has 1 aliphatic rings. The lowest BCUT2D eigenvalue weighted by molar-refractivity contribution is -0.137. The Morgan fingerprint density at radius 3 is 2.56 bits per heavy atom. The third kappa shape index (κ3) is 4.61. The summed E-state index contributed by atoms with van der Waals surface area (Å²) in [7, 11) is 1.69. The maximum absolute atomic E-state index is 12.7. The van der Waals surface area contributed by atoms with Crippen LogP contribution in [-0.4, -0.2) is 67.9 Å². The average molecular weight is 422 g/mol. The lowest BCUT2D eigenvalue weighted by Gasteiger charge is -2.35. The lowest BCUT2D eigenvalue weighted by Crippen LogP contribution is -2.49. The van der Waals surface area contributed by atoms with Gasteiger partial charge in [0, 0.05) is 39.4 Å². The number of amides is 1. The minimum absolute atomic E-state index is 0.0602. The van der Waals surface area contributed by atoms with Crippen LogP contribution >= 0.6 is 23.4 Å². The van der Waals surface area contributed by atoms with Crippen LogP contribution in [0.25, 0.3) is 0 Å². The number of halogens is 4. The number of thioether (sulfide) groups is 1. The van der Waals surface area contributed by atoms with Crippen molar-refractivity contribution in [3.8, 4) is 0 Å². The molecule has 0 spiro atoms. The van der Waals surface area contributed by atoms with Crippen molar-refractivity contribution in [3.63, 3.8) is 0 Å². The molecule has 3 heterocycles. The Bertz CT molecular complexity index is 823. The predicted octanol–water partition coefficient (Wildman–Crippen LogP) is 1.72. The molecule has 1 saturated heterocycles. The second-order valence-electron chi connectivity index (χ2n) is 5.77. The van der Waals surface area contributed by atoms with Gasteiger partial charge in [0.15, 0.2) is 0 Å². The lowest BCUT2D eigenvalue weighted by atomic mass is 10.2. The zero-order chi connectivity index (χ0) is 19.6. The number of rotatable bonds is 4. The van der Waals surface area contributed by atoms with Gasteiger partial charge in [-0.25, -0.2) is 9.67 Å². The zero-order valence-corrected chi connectivity index (χ0v) is 15.7. The van der Waals surface area contributed by atoms with Crippen LogP contribution in [0, 0.1) is 0 Å². The molecule has 1 amide bonds. The number of carbonyl (C=O) groups is 1. The molecule has 0 unspecified atom stereocenters. The first-order chi connectivity index (χ1) is 12.8. The maximum Gasteiger partial charge on any atom is 0.417 e. The first-order valence-corrected chi connectivity index (χ1v) is 9.22. The molecule has 1 aliphatic heterocycles. The van der Waals surface area contributed by atoms with Gasteiger partial charge in [0.25, 0.3) is 0 Å². The number of piperazine rings is 1. The van der Waals surface area contributed by atoms with Crippen LogP contribution in [0.5, 0.6) is 0 Å². The SMILES string of the molecule is Cn1nnnc1SCC(=O)N1CCN(c2ncc(C(F)(F)F)cc2Cl)CC1. The number of hydrogen-bond donors (Lipinski definition) is 0. The van der Waals surface area contributed by atoms with Crippen LogP contribution in [0.2, 0.25) is 5.02 Å². The Labute approximate surface area is 161 Å². The summed E-state index contributed by atoms with van der Waals surface area (Å²) in [4.78, 5) is 19.6. The molecule has 0 radical (unpaired) electrons. The smallest absolute Gasteiger partial charge is 0.352 e. The molecule has 1 fully saturated rings. The Kier molecular flexibility index (Phi) is 5.75. The van der Waals surface area contributed by atoms with E-state index in [0.717, 1.165) is 12.3 Å². The number of anilines is 1. The van der Waals surface area contributed by atoms with Crippen molar-refractivity contribution >= 4 is 35.1 Å². The van der Waals surface area contributed by atoms with Crippen molar-refractivity contribution in [1.82, 2.24) is 30.1 Å². The summed E-state index contributed by atoms with van der Waals surface area (Å²) in [5, 5.41) is 11.5. The molecule has 13 heteroatoms.